The normalized spacial score (nSPS) is 14.2. The standard InChI is InChI=1S/2C12H11Si.2C9H13.2C5H12N.2ClH.2Hf/c2*1-3-7-11(8-4-1)13-12-9-5-2-6-10-12;2*1-6-5-7(2)9(4)8(6)3;2*1-2-3-4-5-6;;;;/h2*1-10,13H;2*6H,1-4H3;2*6H,2-5H2,1H3;2*1H;;/q;;4*-1;;;;/p-2. The summed E-state index contributed by atoms with van der Waals surface area (Å²) < 4.78 is 0. The second-order valence-corrected chi connectivity index (χ2v) is 17.7. The maximum Gasteiger partial charge on any atom is 0.103 e. The molecule has 2 atom stereocenters. The zero-order valence-electron chi connectivity index (χ0n) is 38.3. The van der Waals surface area contributed by atoms with Gasteiger partial charge >= 0.3 is 0 Å². The Morgan fingerprint density at radius 2 is 0.667 bits per heavy atom. The Bertz CT molecular complexity index is 1500. The van der Waals surface area contributed by atoms with Crippen LogP contribution in [0.5, 0.6) is 0 Å². The van der Waals surface area contributed by atoms with Gasteiger partial charge in [-0.05, 0) is 0 Å². The molecule has 2 aliphatic carbocycles. The molecule has 2 unspecified atom stereocenters. The molecule has 0 heterocycles. The fourth-order valence-electron chi connectivity index (χ4n) is 5.66. The molecular formula is C52H72Cl2Hf2N2Si2-6. The first-order valence-electron chi connectivity index (χ1n) is 20.7. The Hall–Kier alpha value is -1.49. The van der Waals surface area contributed by atoms with Crippen molar-refractivity contribution in [2.24, 2.45) is 11.8 Å². The maximum atomic E-state index is 6.71. The number of halogens is 2. The van der Waals surface area contributed by atoms with Crippen LogP contribution in [0.2, 0.25) is 0 Å². The van der Waals surface area contributed by atoms with Crippen molar-refractivity contribution in [3.63, 3.8) is 0 Å². The van der Waals surface area contributed by atoms with Gasteiger partial charge in [0.1, 0.15) is 19.0 Å². The molecule has 0 spiro atoms. The van der Waals surface area contributed by atoms with Gasteiger partial charge in [0.05, 0.1) is 0 Å². The van der Waals surface area contributed by atoms with Crippen molar-refractivity contribution < 1.29 is 76.5 Å². The van der Waals surface area contributed by atoms with Gasteiger partial charge in [0.2, 0.25) is 0 Å². The monoisotopic (exact) mass is 1210 g/mol. The van der Waals surface area contributed by atoms with Crippen molar-refractivity contribution in [1.82, 2.24) is 0 Å². The second-order valence-electron chi connectivity index (χ2n) is 14.4. The van der Waals surface area contributed by atoms with Crippen LogP contribution in [0.15, 0.2) is 155 Å². The third-order valence-corrected chi connectivity index (χ3v) is 12.8. The van der Waals surface area contributed by atoms with E-state index in [1.165, 1.54) is 79.9 Å². The fraction of sp³-hybridized carbons (Fsp3) is 0.385. The van der Waals surface area contributed by atoms with Gasteiger partial charge in [-0.15, -0.1) is 13.8 Å². The van der Waals surface area contributed by atoms with Gasteiger partial charge < -0.3 is 36.3 Å². The number of rotatable bonds is 10. The predicted octanol–water partition coefficient (Wildman–Crippen LogP) is 6.05. The van der Waals surface area contributed by atoms with Gasteiger partial charge in [0.15, 0.2) is 0 Å². The van der Waals surface area contributed by atoms with Crippen LogP contribution in [0.3, 0.4) is 0 Å². The topological polar surface area (TPSA) is 47.6 Å². The van der Waals surface area contributed by atoms with E-state index >= 15 is 0 Å². The molecule has 0 aromatic heterocycles. The molecular weight excluding hydrogens is 1140 g/mol. The molecule has 2 radical (unpaired) electrons. The molecule has 2 N–H and O–H groups in total. The van der Waals surface area contributed by atoms with E-state index in [1.54, 1.807) is 0 Å². The van der Waals surface area contributed by atoms with Gasteiger partial charge in [-0.2, -0.15) is 35.4 Å². The Morgan fingerprint density at radius 1 is 0.433 bits per heavy atom. The van der Waals surface area contributed by atoms with Crippen molar-refractivity contribution in [1.29, 1.82) is 0 Å². The van der Waals surface area contributed by atoms with Crippen LogP contribution in [0, 0.1) is 24.0 Å². The first-order chi connectivity index (χ1) is 27.0. The van der Waals surface area contributed by atoms with Crippen LogP contribution < -0.4 is 45.6 Å². The zero-order valence-corrected chi connectivity index (χ0v) is 49.3. The van der Waals surface area contributed by atoms with Gasteiger partial charge in [-0.3, -0.25) is 12.2 Å². The molecule has 0 bridgehead atoms. The van der Waals surface area contributed by atoms with Crippen LogP contribution in [-0.2, 0) is 51.7 Å². The summed E-state index contributed by atoms with van der Waals surface area (Å²) in [7, 11) is 0.543. The van der Waals surface area contributed by atoms with Gasteiger partial charge in [0, 0.05) is 51.7 Å². The summed E-state index contributed by atoms with van der Waals surface area (Å²) in [6.45, 7) is 22.8. The number of hydrogen-bond acceptors (Lipinski definition) is 0. The minimum atomic E-state index is 0. The smallest absolute Gasteiger partial charge is 0.103 e. The molecule has 4 aromatic rings. The summed E-state index contributed by atoms with van der Waals surface area (Å²) in [4.78, 5) is 0. The van der Waals surface area contributed by atoms with Crippen LogP contribution >= 0.6 is 0 Å². The van der Waals surface area contributed by atoms with Crippen molar-refractivity contribution in [2.75, 3.05) is 13.1 Å². The molecule has 2 nitrogen and oxygen atoms in total. The third-order valence-electron chi connectivity index (χ3n) is 9.90. The van der Waals surface area contributed by atoms with Crippen molar-refractivity contribution in [3.05, 3.63) is 178 Å². The molecule has 8 heteroatoms. The van der Waals surface area contributed by atoms with E-state index in [1.807, 2.05) is 0 Å². The van der Waals surface area contributed by atoms with E-state index in [9.17, 15) is 0 Å². The first kappa shape index (κ1) is 65.1. The Balaban J connectivity index is -0.000000317. The minimum Gasteiger partial charge on any atom is -1.00 e. The molecule has 0 amide bonds. The Labute approximate surface area is 423 Å². The van der Waals surface area contributed by atoms with Crippen LogP contribution in [-0.4, -0.2) is 32.1 Å². The van der Waals surface area contributed by atoms with Gasteiger partial charge in [-0.25, -0.2) is 11.1 Å². The van der Waals surface area contributed by atoms with E-state index < -0.39 is 0 Å². The third kappa shape index (κ3) is 29.7. The van der Waals surface area contributed by atoms with Crippen molar-refractivity contribution >= 4 is 39.8 Å². The Kier molecular flexibility index (Phi) is 45.1. The summed E-state index contributed by atoms with van der Waals surface area (Å²) in [5.74, 6) is 1.12. The maximum absolute atomic E-state index is 6.71. The first-order valence-corrected chi connectivity index (χ1v) is 23.0. The van der Waals surface area contributed by atoms with Crippen LogP contribution in [0.4, 0.5) is 0 Å². The number of allylic oxidation sites excluding steroid dienone is 8. The summed E-state index contributed by atoms with van der Waals surface area (Å²) in [5, 5.41) is 5.81. The molecule has 0 saturated carbocycles. The molecule has 0 saturated heterocycles. The molecule has 4 aromatic carbocycles. The minimum absolute atomic E-state index is 0. The zero-order chi connectivity index (χ0) is 41.6. The Morgan fingerprint density at radius 3 is 0.783 bits per heavy atom. The van der Waals surface area contributed by atoms with E-state index in [2.05, 4.69) is 203 Å². The molecule has 326 valence electrons. The summed E-state index contributed by atoms with van der Waals surface area (Å²) in [5.41, 5.74) is 21.9. The van der Waals surface area contributed by atoms with Crippen molar-refractivity contribution in [3.8, 4) is 0 Å². The average Bonchev–Trinajstić information content (AvgIpc) is 3.59. The van der Waals surface area contributed by atoms with Crippen molar-refractivity contribution in [2.45, 2.75) is 108 Å². The molecule has 60 heavy (non-hydrogen) atoms. The average molecular weight is 1210 g/mol. The summed E-state index contributed by atoms with van der Waals surface area (Å²) >= 11 is 0. The van der Waals surface area contributed by atoms with E-state index in [0.717, 1.165) is 12.8 Å². The molecule has 0 aliphatic heterocycles. The molecule has 6 rings (SSSR count). The van der Waals surface area contributed by atoms with E-state index in [4.69, 9.17) is 11.5 Å². The van der Waals surface area contributed by atoms with Gasteiger partial charge in [0.25, 0.3) is 0 Å². The van der Waals surface area contributed by atoms with E-state index in [0.29, 0.717) is 24.9 Å². The molecule has 2 aliphatic rings. The van der Waals surface area contributed by atoms with Gasteiger partial charge in [-0.1, -0.05) is 248 Å². The number of nitrogens with one attached hydrogen (secondary N) is 2. The van der Waals surface area contributed by atoms with Crippen LogP contribution in [0.1, 0.15) is 108 Å². The SMILES string of the molecule is CC1=[C-]C(C)C(C)=C1C.CC1=[C-]C(C)C(C)=C1C.CCCCC[NH-].CCCCC[NH-].[Cl-].[Cl-].[Hf].[Hf].c1ccc([SiH]c2ccccc2)cc1.c1ccc([SiH]c2ccccc2)cc1. The number of unbranched alkanes of at least 4 members (excludes halogenated alkanes) is 4. The fourth-order valence-corrected chi connectivity index (χ4v) is 8.08. The predicted molar refractivity (Wildman–Crippen MR) is 256 cm³/mol. The van der Waals surface area contributed by atoms with Crippen LogP contribution in [0.25, 0.3) is 11.5 Å². The second kappa shape index (κ2) is 41.5. The number of hydrogen-bond donors (Lipinski definition) is 0. The molecule has 0 fully saturated rings. The quantitative estimate of drug-likeness (QED) is 0.106. The summed E-state index contributed by atoms with van der Waals surface area (Å²) in [6.07, 6.45) is 13.8. The largest absolute Gasteiger partial charge is 1.00 e. The van der Waals surface area contributed by atoms with E-state index in [-0.39, 0.29) is 95.5 Å². The summed E-state index contributed by atoms with van der Waals surface area (Å²) in [6, 6.07) is 42.6. The number of benzene rings is 4.